The molecule has 150 valence electrons. The highest BCUT2D eigenvalue weighted by molar-refractivity contribution is 5.86. The number of para-hydroxylation sites is 1. The molecule has 7 heteroatoms. The van der Waals surface area contributed by atoms with Gasteiger partial charge in [0.1, 0.15) is 0 Å². The Hall–Kier alpha value is -2.57. The average molecular weight is 384 g/mol. The number of nitrogens with one attached hydrogen (secondary N) is 2. The second-order valence-corrected chi connectivity index (χ2v) is 8.07. The summed E-state index contributed by atoms with van der Waals surface area (Å²) >= 11 is 0. The maximum absolute atomic E-state index is 12.4. The molecule has 3 aliphatic rings. The summed E-state index contributed by atoms with van der Waals surface area (Å²) < 4.78 is 0. The lowest BCUT2D eigenvalue weighted by Crippen LogP contribution is -2.50. The molecule has 2 fully saturated rings. The van der Waals surface area contributed by atoms with Gasteiger partial charge in [-0.2, -0.15) is 0 Å². The molecular weight excluding hydrogens is 356 g/mol. The zero-order valence-electron chi connectivity index (χ0n) is 16.2. The van der Waals surface area contributed by atoms with E-state index in [9.17, 15) is 14.4 Å². The van der Waals surface area contributed by atoms with Gasteiger partial charge in [-0.3, -0.25) is 25.2 Å². The third-order valence-electron chi connectivity index (χ3n) is 5.97. The second kappa shape index (κ2) is 8.20. The molecule has 1 saturated carbocycles. The molecule has 0 aromatic heterocycles. The van der Waals surface area contributed by atoms with E-state index >= 15 is 0 Å². The van der Waals surface area contributed by atoms with Crippen LogP contribution in [-0.4, -0.2) is 48.8 Å². The van der Waals surface area contributed by atoms with Crippen molar-refractivity contribution < 1.29 is 14.4 Å². The van der Waals surface area contributed by atoms with Gasteiger partial charge >= 0.3 is 0 Å². The molecule has 2 N–H and O–H groups in total. The molecular formula is C21H28N4O3. The minimum atomic E-state index is -0.216. The van der Waals surface area contributed by atoms with Crippen LogP contribution in [0.15, 0.2) is 24.3 Å². The molecule has 1 aromatic carbocycles. The van der Waals surface area contributed by atoms with Crippen LogP contribution in [0.3, 0.4) is 0 Å². The van der Waals surface area contributed by atoms with Crippen LogP contribution < -0.4 is 15.8 Å². The van der Waals surface area contributed by atoms with Gasteiger partial charge in [0.05, 0.1) is 6.54 Å². The van der Waals surface area contributed by atoms with Crippen LogP contribution in [0.4, 0.5) is 5.69 Å². The van der Waals surface area contributed by atoms with Crippen LogP contribution >= 0.6 is 0 Å². The fraction of sp³-hybridized carbons (Fsp3) is 0.571. The molecule has 1 aromatic rings. The van der Waals surface area contributed by atoms with Crippen molar-refractivity contribution in [1.29, 1.82) is 0 Å². The monoisotopic (exact) mass is 384 g/mol. The molecule has 7 nitrogen and oxygen atoms in total. The smallest absolute Gasteiger partial charge is 0.257 e. The van der Waals surface area contributed by atoms with Crippen molar-refractivity contribution in [2.75, 3.05) is 31.1 Å². The fourth-order valence-electron chi connectivity index (χ4n) is 4.17. The Balaban J connectivity index is 1.21. The zero-order chi connectivity index (χ0) is 19.5. The van der Waals surface area contributed by atoms with Gasteiger partial charge in [-0.15, -0.1) is 0 Å². The van der Waals surface area contributed by atoms with Crippen LogP contribution in [-0.2, 0) is 20.8 Å². The topological polar surface area (TPSA) is 81.8 Å². The van der Waals surface area contributed by atoms with Crippen molar-refractivity contribution in [3.63, 3.8) is 0 Å². The van der Waals surface area contributed by atoms with E-state index in [1.54, 1.807) is 0 Å². The van der Waals surface area contributed by atoms with Crippen LogP contribution in [0.2, 0.25) is 0 Å². The van der Waals surface area contributed by atoms with E-state index in [4.69, 9.17) is 0 Å². The summed E-state index contributed by atoms with van der Waals surface area (Å²) in [5.74, 6) is -0.0601. The van der Waals surface area contributed by atoms with Crippen LogP contribution in [0.25, 0.3) is 0 Å². The first-order chi connectivity index (χ1) is 13.6. The highest BCUT2D eigenvalue weighted by atomic mass is 16.2. The number of piperidine rings is 1. The van der Waals surface area contributed by atoms with Gasteiger partial charge in [-0.25, -0.2) is 0 Å². The Kier molecular flexibility index (Phi) is 5.50. The maximum Gasteiger partial charge on any atom is 0.257 e. The lowest BCUT2D eigenvalue weighted by molar-refractivity contribution is -0.137. The number of anilines is 1. The largest absolute Gasteiger partial charge is 0.362 e. The number of amides is 3. The van der Waals surface area contributed by atoms with Gasteiger partial charge in [0.2, 0.25) is 11.8 Å². The second-order valence-electron chi connectivity index (χ2n) is 8.07. The van der Waals surface area contributed by atoms with Crippen LogP contribution in [0.1, 0.15) is 37.7 Å². The third kappa shape index (κ3) is 4.29. The minimum Gasteiger partial charge on any atom is -0.362 e. The predicted molar refractivity (Wildman–Crippen MR) is 105 cm³/mol. The van der Waals surface area contributed by atoms with Crippen molar-refractivity contribution in [3.8, 4) is 0 Å². The molecule has 2 aliphatic heterocycles. The first kappa shape index (κ1) is 18.8. The standard InChI is InChI=1S/C21H28N4O3/c26-19(14-25-11-3-5-15-4-1-2-6-18(15)25)22-23-20(27)16-9-12-24(13-10-16)21(28)17-7-8-17/h1-2,4,6,16-17H,3,5,7-14H2,(H,22,26)(H,23,27). The number of carbonyl (C=O) groups excluding carboxylic acids is 3. The van der Waals surface area contributed by atoms with Crippen molar-refractivity contribution in [3.05, 3.63) is 29.8 Å². The van der Waals surface area contributed by atoms with Gasteiger partial charge in [0, 0.05) is 37.2 Å². The summed E-state index contributed by atoms with van der Waals surface area (Å²) in [5.41, 5.74) is 7.50. The normalized spacial score (nSPS) is 19.7. The number of rotatable bonds is 4. The molecule has 0 unspecified atom stereocenters. The number of likely N-dealkylation sites (tertiary alicyclic amines) is 1. The zero-order valence-corrected chi connectivity index (χ0v) is 16.2. The summed E-state index contributed by atoms with van der Waals surface area (Å²) in [6.07, 6.45) is 5.38. The van der Waals surface area contributed by atoms with Gasteiger partial charge in [-0.05, 0) is 50.2 Å². The molecule has 3 amide bonds. The van der Waals surface area contributed by atoms with Gasteiger partial charge in [-0.1, -0.05) is 18.2 Å². The van der Waals surface area contributed by atoms with Crippen LogP contribution in [0.5, 0.6) is 0 Å². The fourth-order valence-corrected chi connectivity index (χ4v) is 4.17. The Morgan fingerprint density at radius 3 is 2.43 bits per heavy atom. The molecule has 0 spiro atoms. The molecule has 4 rings (SSSR count). The number of fused-ring (bicyclic) bond motifs is 1. The quantitative estimate of drug-likeness (QED) is 0.765. The van der Waals surface area contributed by atoms with E-state index < -0.39 is 0 Å². The van der Waals surface area contributed by atoms with E-state index in [2.05, 4.69) is 21.8 Å². The van der Waals surface area contributed by atoms with E-state index in [1.165, 1.54) is 5.56 Å². The van der Waals surface area contributed by atoms with E-state index in [-0.39, 0.29) is 36.1 Å². The van der Waals surface area contributed by atoms with E-state index in [1.807, 2.05) is 23.1 Å². The number of benzene rings is 1. The number of nitrogens with zero attached hydrogens (tertiary/aromatic N) is 2. The molecule has 0 radical (unpaired) electrons. The van der Waals surface area contributed by atoms with Gasteiger partial charge < -0.3 is 9.80 Å². The molecule has 0 atom stereocenters. The SMILES string of the molecule is O=C(CN1CCCc2ccccc21)NNC(=O)C1CCN(C(=O)C2CC2)CC1. The van der Waals surface area contributed by atoms with Crippen molar-refractivity contribution in [2.24, 2.45) is 11.8 Å². The van der Waals surface area contributed by atoms with Crippen molar-refractivity contribution >= 4 is 23.4 Å². The average Bonchev–Trinajstić information content (AvgIpc) is 3.57. The molecule has 1 aliphatic carbocycles. The minimum absolute atomic E-state index is 0.153. The first-order valence-corrected chi connectivity index (χ1v) is 10.3. The lowest BCUT2D eigenvalue weighted by atomic mass is 9.96. The Morgan fingerprint density at radius 1 is 0.929 bits per heavy atom. The third-order valence-corrected chi connectivity index (χ3v) is 5.97. The highest BCUT2D eigenvalue weighted by Crippen LogP contribution is 2.32. The summed E-state index contributed by atoms with van der Waals surface area (Å²) in [6, 6.07) is 8.14. The predicted octanol–water partition coefficient (Wildman–Crippen LogP) is 1.24. The summed E-state index contributed by atoms with van der Waals surface area (Å²) in [6.45, 7) is 2.33. The number of carbonyl (C=O) groups is 3. The van der Waals surface area contributed by atoms with Gasteiger partial charge in [0.25, 0.3) is 5.91 Å². The van der Waals surface area contributed by atoms with Gasteiger partial charge in [0.15, 0.2) is 0 Å². The Labute approximate surface area is 165 Å². The summed E-state index contributed by atoms with van der Waals surface area (Å²) in [4.78, 5) is 40.7. The lowest BCUT2D eigenvalue weighted by Gasteiger charge is -2.32. The molecule has 0 bridgehead atoms. The van der Waals surface area contributed by atoms with Crippen molar-refractivity contribution in [1.82, 2.24) is 15.8 Å². The molecule has 1 saturated heterocycles. The van der Waals surface area contributed by atoms with E-state index in [0.29, 0.717) is 25.9 Å². The number of hydrogen-bond acceptors (Lipinski definition) is 4. The van der Waals surface area contributed by atoms with E-state index in [0.717, 1.165) is 37.9 Å². The summed E-state index contributed by atoms with van der Waals surface area (Å²) in [5, 5.41) is 0. The number of aryl methyl sites for hydroxylation is 1. The maximum atomic E-state index is 12.4. The molecule has 2 heterocycles. The van der Waals surface area contributed by atoms with Crippen molar-refractivity contribution in [2.45, 2.75) is 38.5 Å². The Morgan fingerprint density at radius 2 is 1.68 bits per heavy atom. The highest BCUT2D eigenvalue weighted by Gasteiger charge is 2.36. The van der Waals surface area contributed by atoms with Crippen LogP contribution in [0, 0.1) is 11.8 Å². The summed E-state index contributed by atoms with van der Waals surface area (Å²) in [7, 11) is 0. The first-order valence-electron chi connectivity index (χ1n) is 10.3. The molecule has 28 heavy (non-hydrogen) atoms. The Bertz CT molecular complexity index is 754. The number of hydrazine groups is 1. The number of hydrogen-bond donors (Lipinski definition) is 2.